The standard InChI is InChI=1S/C13H23N3S/c1-5-7-11-15-12(14)10(4)13(16-11)17-8-9(3)6-2/h9H,5-8H2,1-4H3,(H2,14,15,16). The molecular formula is C13H23N3S. The van der Waals surface area contributed by atoms with Crippen LogP contribution in [0.3, 0.4) is 0 Å². The second-order valence-electron chi connectivity index (χ2n) is 4.53. The van der Waals surface area contributed by atoms with Crippen molar-refractivity contribution in [3.05, 3.63) is 11.4 Å². The van der Waals surface area contributed by atoms with Gasteiger partial charge in [0.1, 0.15) is 16.7 Å². The number of aryl methyl sites for hydroxylation is 1. The van der Waals surface area contributed by atoms with Crippen LogP contribution in [0, 0.1) is 12.8 Å². The second kappa shape index (κ2) is 6.84. The van der Waals surface area contributed by atoms with E-state index < -0.39 is 0 Å². The summed E-state index contributed by atoms with van der Waals surface area (Å²) in [5, 5.41) is 1.06. The summed E-state index contributed by atoms with van der Waals surface area (Å²) < 4.78 is 0. The topological polar surface area (TPSA) is 51.8 Å². The third-order valence-electron chi connectivity index (χ3n) is 2.86. The predicted molar refractivity (Wildman–Crippen MR) is 75.4 cm³/mol. The Morgan fingerprint density at radius 3 is 2.59 bits per heavy atom. The molecule has 0 saturated carbocycles. The molecule has 4 heteroatoms. The maximum atomic E-state index is 5.93. The van der Waals surface area contributed by atoms with Crippen molar-refractivity contribution in [2.75, 3.05) is 11.5 Å². The molecular weight excluding hydrogens is 230 g/mol. The molecule has 0 saturated heterocycles. The molecule has 17 heavy (non-hydrogen) atoms. The van der Waals surface area contributed by atoms with Gasteiger partial charge in [-0.25, -0.2) is 9.97 Å². The Morgan fingerprint density at radius 1 is 1.29 bits per heavy atom. The van der Waals surface area contributed by atoms with Crippen LogP contribution in [0.2, 0.25) is 0 Å². The number of hydrogen-bond acceptors (Lipinski definition) is 4. The van der Waals surface area contributed by atoms with Gasteiger partial charge in [0.2, 0.25) is 0 Å². The Morgan fingerprint density at radius 2 is 2.00 bits per heavy atom. The van der Waals surface area contributed by atoms with Crippen molar-refractivity contribution in [1.82, 2.24) is 9.97 Å². The molecule has 0 bridgehead atoms. The van der Waals surface area contributed by atoms with Crippen LogP contribution in [0.5, 0.6) is 0 Å². The molecule has 0 amide bonds. The van der Waals surface area contributed by atoms with E-state index in [1.807, 2.05) is 6.92 Å². The van der Waals surface area contributed by atoms with Gasteiger partial charge in [0.25, 0.3) is 0 Å². The fourth-order valence-corrected chi connectivity index (χ4v) is 2.54. The lowest BCUT2D eigenvalue weighted by Crippen LogP contribution is -2.05. The van der Waals surface area contributed by atoms with Crippen LogP contribution < -0.4 is 5.73 Å². The van der Waals surface area contributed by atoms with Crippen molar-refractivity contribution in [2.45, 2.75) is 52.0 Å². The first-order valence-electron chi connectivity index (χ1n) is 6.34. The highest BCUT2D eigenvalue weighted by Gasteiger charge is 2.10. The van der Waals surface area contributed by atoms with E-state index in [1.165, 1.54) is 6.42 Å². The molecule has 96 valence electrons. The highest BCUT2D eigenvalue weighted by molar-refractivity contribution is 7.99. The fraction of sp³-hybridized carbons (Fsp3) is 0.692. The van der Waals surface area contributed by atoms with Crippen molar-refractivity contribution < 1.29 is 0 Å². The summed E-state index contributed by atoms with van der Waals surface area (Å²) >= 11 is 1.80. The van der Waals surface area contributed by atoms with Gasteiger partial charge >= 0.3 is 0 Å². The molecule has 2 N–H and O–H groups in total. The summed E-state index contributed by atoms with van der Waals surface area (Å²) in [4.78, 5) is 8.92. The fourth-order valence-electron chi connectivity index (χ4n) is 1.37. The average molecular weight is 253 g/mol. The number of nitrogen functional groups attached to an aromatic ring is 1. The minimum atomic E-state index is 0.634. The van der Waals surface area contributed by atoms with Crippen LogP contribution in [0.25, 0.3) is 0 Å². The van der Waals surface area contributed by atoms with E-state index in [-0.39, 0.29) is 0 Å². The first-order valence-corrected chi connectivity index (χ1v) is 7.32. The summed E-state index contributed by atoms with van der Waals surface area (Å²) in [6, 6.07) is 0. The molecule has 1 heterocycles. The van der Waals surface area contributed by atoms with E-state index in [0.717, 1.165) is 35.0 Å². The second-order valence-corrected chi connectivity index (χ2v) is 5.54. The highest BCUT2D eigenvalue weighted by Crippen LogP contribution is 2.26. The van der Waals surface area contributed by atoms with E-state index in [2.05, 4.69) is 30.7 Å². The monoisotopic (exact) mass is 253 g/mol. The van der Waals surface area contributed by atoms with E-state index in [4.69, 9.17) is 5.73 Å². The summed E-state index contributed by atoms with van der Waals surface area (Å²) in [6.45, 7) is 8.62. The third kappa shape index (κ3) is 4.19. The molecule has 0 aliphatic heterocycles. The van der Waals surface area contributed by atoms with Crippen LogP contribution >= 0.6 is 11.8 Å². The Hall–Kier alpha value is -0.770. The molecule has 0 aliphatic rings. The number of anilines is 1. The lowest BCUT2D eigenvalue weighted by Gasteiger charge is -2.11. The van der Waals surface area contributed by atoms with Gasteiger partial charge in [-0.15, -0.1) is 11.8 Å². The predicted octanol–water partition coefficient (Wildman–Crippen LogP) is 3.46. The van der Waals surface area contributed by atoms with Gasteiger partial charge in [-0.3, -0.25) is 0 Å². The minimum Gasteiger partial charge on any atom is -0.383 e. The summed E-state index contributed by atoms with van der Waals surface area (Å²) in [7, 11) is 0. The van der Waals surface area contributed by atoms with Gasteiger partial charge < -0.3 is 5.73 Å². The molecule has 0 radical (unpaired) electrons. The van der Waals surface area contributed by atoms with Gasteiger partial charge in [0.05, 0.1) is 0 Å². The lowest BCUT2D eigenvalue weighted by molar-refractivity contribution is 0.636. The molecule has 0 fully saturated rings. The van der Waals surface area contributed by atoms with Gasteiger partial charge in [-0.2, -0.15) is 0 Å². The van der Waals surface area contributed by atoms with Crippen LogP contribution in [-0.2, 0) is 6.42 Å². The van der Waals surface area contributed by atoms with Crippen LogP contribution in [-0.4, -0.2) is 15.7 Å². The molecule has 1 aromatic rings. The SMILES string of the molecule is CCCc1nc(N)c(C)c(SCC(C)CC)n1. The zero-order valence-electron chi connectivity index (χ0n) is 11.3. The molecule has 1 rings (SSSR count). The molecule has 1 aromatic heterocycles. The van der Waals surface area contributed by atoms with Crippen LogP contribution in [0.1, 0.15) is 45.0 Å². The number of rotatable bonds is 6. The normalized spacial score (nSPS) is 12.7. The lowest BCUT2D eigenvalue weighted by atomic mass is 10.2. The Balaban J connectivity index is 2.82. The number of nitrogens with zero attached hydrogens (tertiary/aromatic N) is 2. The zero-order chi connectivity index (χ0) is 12.8. The Bertz CT molecular complexity index is 366. The molecule has 0 aromatic carbocycles. The Kier molecular flexibility index (Phi) is 5.75. The van der Waals surface area contributed by atoms with Crippen molar-refractivity contribution in [3.63, 3.8) is 0 Å². The largest absolute Gasteiger partial charge is 0.383 e. The number of nitrogens with two attached hydrogens (primary N) is 1. The third-order valence-corrected chi connectivity index (χ3v) is 4.27. The van der Waals surface area contributed by atoms with Gasteiger partial charge in [-0.1, -0.05) is 27.2 Å². The molecule has 0 spiro atoms. The van der Waals surface area contributed by atoms with E-state index in [0.29, 0.717) is 11.7 Å². The number of thioether (sulfide) groups is 1. The van der Waals surface area contributed by atoms with Crippen molar-refractivity contribution in [1.29, 1.82) is 0 Å². The van der Waals surface area contributed by atoms with Crippen molar-refractivity contribution in [2.24, 2.45) is 5.92 Å². The maximum Gasteiger partial charge on any atom is 0.132 e. The van der Waals surface area contributed by atoms with Gasteiger partial charge in [-0.05, 0) is 19.3 Å². The van der Waals surface area contributed by atoms with Gasteiger partial charge in [0, 0.05) is 17.7 Å². The summed E-state index contributed by atoms with van der Waals surface area (Å²) in [5.41, 5.74) is 6.95. The van der Waals surface area contributed by atoms with E-state index >= 15 is 0 Å². The quantitative estimate of drug-likeness (QED) is 0.623. The Labute approximate surface area is 109 Å². The molecule has 3 nitrogen and oxygen atoms in total. The molecule has 0 aliphatic carbocycles. The first kappa shape index (κ1) is 14.3. The number of aromatic nitrogens is 2. The molecule has 1 atom stereocenters. The van der Waals surface area contributed by atoms with E-state index in [1.54, 1.807) is 11.8 Å². The average Bonchev–Trinajstić information content (AvgIpc) is 2.31. The van der Waals surface area contributed by atoms with Crippen LogP contribution in [0.4, 0.5) is 5.82 Å². The van der Waals surface area contributed by atoms with Gasteiger partial charge in [0.15, 0.2) is 0 Å². The zero-order valence-corrected chi connectivity index (χ0v) is 12.1. The smallest absolute Gasteiger partial charge is 0.132 e. The number of hydrogen-bond donors (Lipinski definition) is 1. The highest BCUT2D eigenvalue weighted by atomic mass is 32.2. The van der Waals surface area contributed by atoms with Crippen LogP contribution in [0.15, 0.2) is 5.03 Å². The summed E-state index contributed by atoms with van der Waals surface area (Å²) in [6.07, 6.45) is 3.16. The minimum absolute atomic E-state index is 0.634. The van der Waals surface area contributed by atoms with Crippen molar-refractivity contribution >= 4 is 17.6 Å². The van der Waals surface area contributed by atoms with Crippen molar-refractivity contribution in [3.8, 4) is 0 Å². The first-order chi connectivity index (χ1) is 8.08. The molecule has 1 unspecified atom stereocenters. The van der Waals surface area contributed by atoms with E-state index in [9.17, 15) is 0 Å². The maximum absolute atomic E-state index is 5.93. The summed E-state index contributed by atoms with van der Waals surface area (Å²) in [5.74, 6) is 3.32.